The van der Waals surface area contributed by atoms with Gasteiger partial charge >= 0.3 is 17.9 Å². The van der Waals surface area contributed by atoms with Gasteiger partial charge in [-0.25, -0.2) is 9.59 Å². The fraction of sp³-hybridized carbons (Fsp3) is 0.860. The number of aliphatic hydroxyl groups is 4. The number of aliphatic hydroxyl groups excluding tert-OH is 4. The number of carboxylic acid groups (broad SMARTS) is 3. The first-order valence-corrected chi connectivity index (χ1v) is 21.1. The number of aliphatic carboxylic acids is 3. The monoisotopic (exact) mass is 820 g/mol. The van der Waals surface area contributed by atoms with Crippen molar-refractivity contribution < 1.29 is 73.9 Å². The molecule has 5 aliphatic carbocycles. The normalized spacial score (nSPS) is 52.6. The van der Waals surface area contributed by atoms with Crippen molar-refractivity contribution in [2.24, 2.45) is 56.2 Å². The molecular weight excluding hydrogens is 756 g/mol. The lowest BCUT2D eigenvalue weighted by Crippen LogP contribution is -2.68. The van der Waals surface area contributed by atoms with E-state index in [-0.39, 0.29) is 34.4 Å². The number of fused-ring (bicyclic) bond motifs is 7. The topological polar surface area (TPSA) is 247 Å². The second-order valence-electron chi connectivity index (χ2n) is 21.0. The Balaban J connectivity index is 1.17. The molecule has 15 heteroatoms. The molecule has 0 radical (unpaired) electrons. The van der Waals surface area contributed by atoms with E-state index >= 15 is 0 Å². The molecule has 6 fully saturated rings. The minimum atomic E-state index is -1.99. The second-order valence-corrected chi connectivity index (χ2v) is 21.0. The summed E-state index contributed by atoms with van der Waals surface area (Å²) < 4.78 is 23.8. The van der Waals surface area contributed by atoms with Crippen molar-refractivity contribution in [3.63, 3.8) is 0 Å². The van der Waals surface area contributed by atoms with Crippen LogP contribution in [0.15, 0.2) is 11.6 Å². The van der Waals surface area contributed by atoms with E-state index in [1.54, 1.807) is 0 Å². The van der Waals surface area contributed by atoms with Crippen molar-refractivity contribution in [3.8, 4) is 0 Å². The largest absolute Gasteiger partial charge is 0.481 e. The van der Waals surface area contributed by atoms with E-state index in [0.717, 1.165) is 37.7 Å². The predicted molar refractivity (Wildman–Crippen MR) is 203 cm³/mol. The highest BCUT2D eigenvalue weighted by atomic mass is 16.8. The minimum absolute atomic E-state index is 0.00787. The van der Waals surface area contributed by atoms with E-state index in [1.807, 2.05) is 26.8 Å². The second kappa shape index (κ2) is 14.3. The van der Waals surface area contributed by atoms with Gasteiger partial charge in [0.1, 0.15) is 24.4 Å². The molecule has 0 aromatic carbocycles. The summed E-state index contributed by atoms with van der Waals surface area (Å²) in [6, 6.07) is 0. The Morgan fingerprint density at radius 1 is 0.724 bits per heavy atom. The van der Waals surface area contributed by atoms with E-state index in [4.69, 9.17) is 18.9 Å². The molecule has 58 heavy (non-hydrogen) atoms. The van der Waals surface area contributed by atoms with Crippen molar-refractivity contribution in [1.29, 1.82) is 0 Å². The molecular formula is C43H64O15. The maximum absolute atomic E-state index is 14.9. The van der Waals surface area contributed by atoms with Crippen molar-refractivity contribution >= 4 is 23.7 Å². The maximum Gasteiger partial charge on any atom is 0.335 e. The van der Waals surface area contributed by atoms with Gasteiger partial charge < -0.3 is 54.7 Å². The zero-order chi connectivity index (χ0) is 42.9. The molecule has 0 bridgehead atoms. The Hall–Kier alpha value is -2.50. The van der Waals surface area contributed by atoms with Gasteiger partial charge in [0.25, 0.3) is 0 Å². The fourth-order valence-corrected chi connectivity index (χ4v) is 13.6. The SMILES string of the molecule is CC1[C@H](O)C(C(=O)O)O[C@@H](O[C@H]2[C@@H](O[C@H]3CC[C@]4(C)[C@H]5C(=O)C=C6[C@@H]7C[C@@](C)(C(=O)O)CCC7(C)CC[C@@]6(C)[C@]5(C)CC[C@H]4C3(C)C)O[C@H](C(=O)O)C(O)[C@@H]2O)[C@@H]1O. The highest BCUT2D eigenvalue weighted by Crippen LogP contribution is 2.75. The van der Waals surface area contributed by atoms with Gasteiger partial charge in [0.05, 0.1) is 17.6 Å². The Kier molecular flexibility index (Phi) is 10.7. The standard InChI is InChI=1S/C43H64O15/c1-19-25(45)29(33(49)50)56-35(26(19)46)58-31-28(48)27(47)30(34(51)52)57-36(31)55-24-10-11-41(6)23(38(24,2)3)9-12-43(8)32(41)22(44)17-20-21-18-40(5,37(53)54)14-13-39(21,4)15-16-42(20,43)7/h17,19,21,23-32,35-36,45-48H,9-16,18H2,1-8H3,(H,49,50)(H,51,52)(H,53,54)/t19?,21-,23-,24-,25-,26+,27?,28-,29?,30-,31+,32+,35-,36-,39?,40-,41-,42+,43+/m0/s1. The van der Waals surface area contributed by atoms with Gasteiger partial charge in [-0.05, 0) is 110 Å². The Labute approximate surface area is 339 Å². The minimum Gasteiger partial charge on any atom is -0.481 e. The van der Waals surface area contributed by atoms with Crippen LogP contribution in [-0.4, -0.2) is 121 Å². The maximum atomic E-state index is 14.9. The van der Waals surface area contributed by atoms with E-state index in [9.17, 15) is 54.9 Å². The third-order valence-electron chi connectivity index (χ3n) is 17.6. The Morgan fingerprint density at radius 3 is 1.95 bits per heavy atom. The molecule has 7 rings (SSSR count). The average molecular weight is 821 g/mol. The van der Waals surface area contributed by atoms with Crippen LogP contribution in [0.1, 0.15) is 113 Å². The van der Waals surface area contributed by atoms with Crippen LogP contribution in [0.3, 0.4) is 0 Å². The number of rotatable bonds is 7. The first-order chi connectivity index (χ1) is 26.8. The molecule has 0 aromatic heterocycles. The molecule has 2 heterocycles. The zero-order valence-electron chi connectivity index (χ0n) is 34.9. The number of allylic oxidation sites excluding steroid dienone is 2. The molecule has 0 amide bonds. The van der Waals surface area contributed by atoms with Crippen molar-refractivity contribution in [2.75, 3.05) is 0 Å². The van der Waals surface area contributed by atoms with Crippen LogP contribution in [0.25, 0.3) is 0 Å². The van der Waals surface area contributed by atoms with Crippen LogP contribution >= 0.6 is 0 Å². The number of hydrogen-bond acceptors (Lipinski definition) is 12. The molecule has 7 aliphatic rings. The highest BCUT2D eigenvalue weighted by molar-refractivity contribution is 5.95. The van der Waals surface area contributed by atoms with E-state index in [1.165, 1.54) is 6.92 Å². The first kappa shape index (κ1) is 43.6. The number of hydrogen-bond donors (Lipinski definition) is 7. The van der Waals surface area contributed by atoms with Crippen LogP contribution in [0, 0.1) is 56.2 Å². The van der Waals surface area contributed by atoms with E-state index in [0.29, 0.717) is 25.7 Å². The van der Waals surface area contributed by atoms with Gasteiger partial charge in [-0.1, -0.05) is 54.0 Å². The first-order valence-electron chi connectivity index (χ1n) is 21.1. The lowest BCUT2D eigenvalue weighted by atomic mass is 9.33. The summed E-state index contributed by atoms with van der Waals surface area (Å²) in [5, 5.41) is 73.4. The van der Waals surface area contributed by atoms with Gasteiger partial charge in [-0.15, -0.1) is 0 Å². The van der Waals surface area contributed by atoms with Crippen molar-refractivity contribution in [3.05, 3.63) is 11.6 Å². The van der Waals surface area contributed by atoms with Crippen LogP contribution in [0.5, 0.6) is 0 Å². The molecule has 4 unspecified atom stereocenters. The molecule has 7 N–H and O–H groups in total. The predicted octanol–water partition coefficient (Wildman–Crippen LogP) is 3.52. The third kappa shape index (κ3) is 6.26. The summed E-state index contributed by atoms with van der Waals surface area (Å²) in [4.78, 5) is 51.5. The molecule has 2 saturated heterocycles. The summed E-state index contributed by atoms with van der Waals surface area (Å²) in [7, 11) is 0. The number of carbonyl (C=O) groups is 4. The summed E-state index contributed by atoms with van der Waals surface area (Å²) in [6.07, 6.45) is -8.18. The smallest absolute Gasteiger partial charge is 0.335 e. The summed E-state index contributed by atoms with van der Waals surface area (Å²) in [5.74, 6) is -5.20. The van der Waals surface area contributed by atoms with Gasteiger partial charge in [-0.2, -0.15) is 0 Å². The van der Waals surface area contributed by atoms with Gasteiger partial charge in [0.2, 0.25) is 0 Å². The van der Waals surface area contributed by atoms with Crippen molar-refractivity contribution in [1.82, 2.24) is 0 Å². The van der Waals surface area contributed by atoms with Crippen LogP contribution in [0.2, 0.25) is 0 Å². The summed E-state index contributed by atoms with van der Waals surface area (Å²) >= 11 is 0. The number of carbonyl (C=O) groups excluding carboxylic acids is 1. The molecule has 0 spiro atoms. The quantitative estimate of drug-likeness (QED) is 0.182. The number of ether oxygens (including phenoxy) is 4. The average Bonchev–Trinajstić information content (AvgIpc) is 3.13. The number of ketones is 1. The zero-order valence-corrected chi connectivity index (χ0v) is 34.9. The summed E-state index contributed by atoms with van der Waals surface area (Å²) in [6.45, 7) is 16.4. The van der Waals surface area contributed by atoms with E-state index < -0.39 is 107 Å². The Bertz CT molecular complexity index is 1730. The molecule has 2 aliphatic heterocycles. The fourth-order valence-electron chi connectivity index (χ4n) is 13.6. The molecule has 4 saturated carbocycles. The van der Waals surface area contributed by atoms with Crippen molar-refractivity contribution in [2.45, 2.75) is 175 Å². The molecule has 326 valence electrons. The lowest BCUT2D eigenvalue weighted by molar-refractivity contribution is -0.368. The summed E-state index contributed by atoms with van der Waals surface area (Å²) in [5.41, 5.74) is -1.66. The van der Waals surface area contributed by atoms with Gasteiger partial charge in [0.15, 0.2) is 30.6 Å². The molecule has 19 atom stereocenters. The van der Waals surface area contributed by atoms with Crippen LogP contribution in [0.4, 0.5) is 0 Å². The highest BCUT2D eigenvalue weighted by Gasteiger charge is 2.71. The lowest BCUT2D eigenvalue weighted by Gasteiger charge is -2.70. The van der Waals surface area contributed by atoms with Gasteiger partial charge in [-0.3, -0.25) is 9.59 Å². The molecule has 15 nitrogen and oxygen atoms in total. The van der Waals surface area contributed by atoms with Crippen LogP contribution < -0.4 is 0 Å². The van der Waals surface area contributed by atoms with Gasteiger partial charge in [0, 0.05) is 11.8 Å². The number of carboxylic acids is 3. The Morgan fingerprint density at radius 2 is 1.33 bits per heavy atom. The molecule has 0 aromatic rings. The van der Waals surface area contributed by atoms with Crippen LogP contribution in [-0.2, 0) is 38.1 Å². The third-order valence-corrected chi connectivity index (χ3v) is 17.6. The van der Waals surface area contributed by atoms with E-state index in [2.05, 4.69) is 27.7 Å².